The average Bonchev–Trinajstić information content (AvgIpc) is 2.87. The van der Waals surface area contributed by atoms with Crippen molar-refractivity contribution in [2.75, 3.05) is 32.6 Å². The van der Waals surface area contributed by atoms with Crippen LogP contribution < -0.4 is 20.5 Å². The molecule has 38 heavy (non-hydrogen) atoms. The van der Waals surface area contributed by atoms with Crippen molar-refractivity contribution in [3.8, 4) is 40.2 Å². The average molecular weight is 603 g/mol. The van der Waals surface area contributed by atoms with Crippen LogP contribution in [0.25, 0.3) is 10.9 Å². The van der Waals surface area contributed by atoms with Crippen molar-refractivity contribution in [3.63, 3.8) is 0 Å². The number of aliphatic hydroxyl groups is 2. The van der Waals surface area contributed by atoms with Crippen LogP contribution in [0.15, 0.2) is 9.27 Å². The van der Waals surface area contributed by atoms with Gasteiger partial charge in [-0.25, -0.2) is 9.18 Å². The molecule has 0 spiro atoms. The minimum absolute atomic E-state index is 0.336. The molecule has 2 aromatic carbocycles. The second kappa shape index (κ2) is 9.86. The first-order chi connectivity index (χ1) is 17.8. The van der Waals surface area contributed by atoms with Gasteiger partial charge < -0.3 is 60.4 Å². The first-order valence-electron chi connectivity index (χ1n) is 11.1. The van der Waals surface area contributed by atoms with E-state index in [2.05, 4.69) is 31.2 Å². The number of fused-ring (bicyclic) bond motifs is 1. The number of aromatic nitrogens is 2. The van der Waals surface area contributed by atoms with Crippen molar-refractivity contribution in [1.82, 2.24) is 14.9 Å². The minimum Gasteiger partial charge on any atom is -0.504 e. The fourth-order valence-electron chi connectivity index (χ4n) is 4.20. The van der Waals surface area contributed by atoms with Crippen LogP contribution >= 0.6 is 15.9 Å². The second-order valence-corrected chi connectivity index (χ2v) is 9.51. The number of methoxy groups -OCH3 is 1. The highest BCUT2D eigenvalue weighted by Crippen LogP contribution is 2.53. The maximum Gasteiger partial charge on any atom is 0.347 e. The third kappa shape index (κ3) is 4.55. The number of hydrogen-bond donors (Lipinski definition) is 9. The first kappa shape index (κ1) is 27.3. The zero-order chi connectivity index (χ0) is 28.1. The molecule has 3 aromatic rings. The number of ether oxygens (including phenoxy) is 2. The van der Waals surface area contributed by atoms with E-state index in [1.54, 1.807) is 0 Å². The molecule has 1 aliphatic rings. The Hall–Kier alpha value is -3.73. The Morgan fingerprint density at radius 3 is 2.29 bits per heavy atom. The van der Waals surface area contributed by atoms with Crippen LogP contribution in [-0.4, -0.2) is 83.8 Å². The number of nitrogens with zero attached hydrogens (tertiary/aromatic N) is 2. The number of hydrogen-bond acceptors (Lipinski definition) is 13. The molecule has 1 fully saturated rings. The van der Waals surface area contributed by atoms with Crippen LogP contribution in [0.1, 0.15) is 12.8 Å². The van der Waals surface area contributed by atoms with Gasteiger partial charge in [-0.15, -0.1) is 0 Å². The highest BCUT2D eigenvalue weighted by Gasteiger charge is 2.41. The van der Waals surface area contributed by atoms with E-state index < -0.39 is 90.5 Å². The molecule has 1 aliphatic heterocycles. The topological polar surface area (TPSA) is 221 Å². The fraction of sp³-hybridized carbons (Fsp3) is 0.364. The number of nitrogens with one attached hydrogen (secondary N) is 2. The zero-order valence-electron chi connectivity index (χ0n) is 19.9. The van der Waals surface area contributed by atoms with Gasteiger partial charge in [-0.1, -0.05) is 0 Å². The molecule has 0 bridgehead atoms. The number of rotatable bonds is 6. The number of aromatic hydroxyl groups is 5. The molecule has 1 aromatic heterocycles. The molecule has 0 saturated carbocycles. The van der Waals surface area contributed by atoms with Gasteiger partial charge in [0.15, 0.2) is 34.6 Å². The summed E-state index contributed by atoms with van der Waals surface area (Å²) in [4.78, 5) is 20.0. The lowest BCUT2D eigenvalue weighted by molar-refractivity contribution is -0.328. The lowest BCUT2D eigenvalue weighted by Crippen LogP contribution is -2.48. The number of benzene rings is 2. The Morgan fingerprint density at radius 1 is 1.05 bits per heavy atom. The van der Waals surface area contributed by atoms with E-state index in [1.807, 2.05) is 11.9 Å². The van der Waals surface area contributed by atoms with Gasteiger partial charge in [0, 0.05) is 0 Å². The zero-order valence-corrected chi connectivity index (χ0v) is 21.5. The summed E-state index contributed by atoms with van der Waals surface area (Å²) in [6, 6.07) is 0. The summed E-state index contributed by atoms with van der Waals surface area (Å²) < 4.78 is 24.6. The van der Waals surface area contributed by atoms with E-state index in [0.717, 1.165) is 7.11 Å². The van der Waals surface area contributed by atoms with Crippen LogP contribution in [0.5, 0.6) is 40.2 Å². The van der Waals surface area contributed by atoms with Gasteiger partial charge in [-0.3, -0.25) is 0 Å². The van der Waals surface area contributed by atoms with Crippen molar-refractivity contribution in [2.24, 2.45) is 5.92 Å². The Bertz CT molecular complexity index is 1440. The fourth-order valence-corrected chi connectivity index (χ4v) is 4.56. The van der Waals surface area contributed by atoms with E-state index in [0.29, 0.717) is 25.9 Å². The van der Waals surface area contributed by atoms with Crippen LogP contribution in [0.2, 0.25) is 0 Å². The van der Waals surface area contributed by atoms with Gasteiger partial charge in [0.2, 0.25) is 11.5 Å². The molecule has 9 N–H and O–H groups in total. The smallest absolute Gasteiger partial charge is 0.347 e. The molecule has 16 heteroatoms. The highest BCUT2D eigenvalue weighted by atomic mass is 79.9. The number of halogens is 2. The second-order valence-electron chi connectivity index (χ2n) is 8.71. The maximum absolute atomic E-state index is 14.7. The van der Waals surface area contributed by atoms with Crippen molar-refractivity contribution in [1.29, 1.82) is 0 Å². The van der Waals surface area contributed by atoms with Gasteiger partial charge in [-0.2, -0.15) is 4.98 Å². The molecule has 0 radical (unpaired) electrons. The summed E-state index contributed by atoms with van der Waals surface area (Å²) >= 11 is 2.71. The number of anilines is 2. The standard InChI is InChI=1S/C22H24BrFN4O10/c1-28-5-3-7(4-6-28)22(35,36)38-19-17(33)11-8(13(29)18(19)37-2)20(27-21(34)26-11)25-12-10(24)14(30)9(23)15(31)16(12)32/h7,29-33,35-36H,3-6H2,1-2H3,(H2,25,26,27,34). The molecule has 206 valence electrons. The lowest BCUT2D eigenvalue weighted by Gasteiger charge is -2.36. The Balaban J connectivity index is 1.88. The summed E-state index contributed by atoms with van der Waals surface area (Å²) in [5.74, 6) is -11.9. The number of phenolic OH excluding ortho intramolecular Hbond substituents is 5. The number of piperidine rings is 1. The van der Waals surface area contributed by atoms with Crippen LogP contribution in [0.3, 0.4) is 0 Å². The summed E-state index contributed by atoms with van der Waals surface area (Å²) in [6.07, 6.45) is 0.672. The summed E-state index contributed by atoms with van der Waals surface area (Å²) in [5, 5.41) is 75.1. The van der Waals surface area contributed by atoms with E-state index in [-0.39, 0.29) is 0 Å². The summed E-state index contributed by atoms with van der Waals surface area (Å²) in [5.41, 5.74) is -2.59. The van der Waals surface area contributed by atoms with Gasteiger partial charge in [0.25, 0.3) is 0 Å². The predicted octanol–water partition coefficient (Wildman–Crippen LogP) is 1.46. The van der Waals surface area contributed by atoms with E-state index in [1.165, 1.54) is 0 Å². The predicted molar refractivity (Wildman–Crippen MR) is 133 cm³/mol. The molecular formula is C22H24BrFN4O10. The van der Waals surface area contributed by atoms with Gasteiger partial charge in [-0.05, 0) is 48.9 Å². The van der Waals surface area contributed by atoms with Gasteiger partial charge in [0.1, 0.15) is 21.5 Å². The molecule has 14 nitrogen and oxygen atoms in total. The van der Waals surface area contributed by atoms with Crippen molar-refractivity contribution < 1.29 is 49.6 Å². The third-order valence-electron chi connectivity index (χ3n) is 6.30. The Morgan fingerprint density at radius 2 is 1.68 bits per heavy atom. The molecule has 0 aliphatic carbocycles. The van der Waals surface area contributed by atoms with Crippen molar-refractivity contribution in [2.45, 2.75) is 18.8 Å². The van der Waals surface area contributed by atoms with Crippen LogP contribution in [0, 0.1) is 11.7 Å². The first-order valence-corrected chi connectivity index (χ1v) is 11.8. The van der Waals surface area contributed by atoms with Crippen molar-refractivity contribution in [3.05, 3.63) is 20.8 Å². The van der Waals surface area contributed by atoms with Crippen LogP contribution in [0.4, 0.5) is 15.9 Å². The summed E-state index contributed by atoms with van der Waals surface area (Å²) in [6.45, 7) is 1.09. The Kier molecular flexibility index (Phi) is 7.09. The maximum atomic E-state index is 14.7. The largest absolute Gasteiger partial charge is 0.504 e. The lowest BCUT2D eigenvalue weighted by atomic mass is 9.94. The van der Waals surface area contributed by atoms with Gasteiger partial charge in [0.05, 0.1) is 18.4 Å². The number of phenols is 5. The van der Waals surface area contributed by atoms with Crippen molar-refractivity contribution >= 4 is 38.3 Å². The molecule has 0 amide bonds. The minimum atomic E-state index is -2.80. The molecule has 1 saturated heterocycles. The molecule has 2 heterocycles. The van der Waals surface area contributed by atoms with E-state index in [4.69, 9.17) is 9.47 Å². The monoisotopic (exact) mass is 602 g/mol. The Labute approximate surface area is 221 Å². The molecule has 0 atom stereocenters. The molecule has 4 rings (SSSR count). The SMILES string of the molecule is COc1c(OC(O)(O)C2CCN(C)CC2)c(O)c2[nH]c(=O)nc(Nc3c(O)c(O)c(Br)c(O)c3F)c2c1O. The molecule has 0 unspecified atom stereocenters. The van der Waals surface area contributed by atoms with Gasteiger partial charge >= 0.3 is 11.7 Å². The summed E-state index contributed by atoms with van der Waals surface area (Å²) in [7, 11) is 2.93. The number of H-pyrrole nitrogens is 1. The quantitative estimate of drug-likeness (QED) is 0.111. The molecular weight excluding hydrogens is 579 g/mol. The normalized spacial score (nSPS) is 15.1. The van der Waals surface area contributed by atoms with E-state index in [9.17, 15) is 44.9 Å². The van der Waals surface area contributed by atoms with Crippen LogP contribution in [-0.2, 0) is 0 Å². The highest BCUT2D eigenvalue weighted by molar-refractivity contribution is 9.10. The third-order valence-corrected chi connectivity index (χ3v) is 7.05. The number of likely N-dealkylation sites (tertiary alicyclic amines) is 1. The number of aromatic amines is 1. The van der Waals surface area contributed by atoms with E-state index >= 15 is 0 Å².